The lowest BCUT2D eigenvalue weighted by Gasteiger charge is -2.19. The maximum atomic E-state index is 11.0. The number of ether oxygens (including phenoxy) is 1. The Hall–Kier alpha value is 0.200. The summed E-state index contributed by atoms with van der Waals surface area (Å²) in [6.45, 7) is 7.72. The first-order chi connectivity index (χ1) is 4.95. The number of esters is 1. The molecule has 2 nitrogen and oxygen atoms in total. The minimum absolute atomic E-state index is 0. The van der Waals surface area contributed by atoms with Gasteiger partial charge < -0.3 is 4.74 Å². The number of unbranched alkanes of at least 4 members (excludes halogenated alkanes) is 1. The number of hydrogen-bond acceptors (Lipinski definition) is 2. The van der Waals surface area contributed by atoms with E-state index in [0.29, 0.717) is 6.42 Å². The Morgan fingerprint density at radius 1 is 1.33 bits per heavy atom. The molecule has 0 aromatic heterocycles. The van der Waals surface area contributed by atoms with E-state index < -0.39 is 0 Å². The van der Waals surface area contributed by atoms with Gasteiger partial charge in [0, 0.05) is 6.42 Å². The van der Waals surface area contributed by atoms with Gasteiger partial charge in [0.05, 0.1) is 0 Å². The van der Waals surface area contributed by atoms with Crippen molar-refractivity contribution in [2.45, 2.75) is 52.6 Å². The van der Waals surface area contributed by atoms with Gasteiger partial charge in [0.1, 0.15) is 5.60 Å². The third-order valence-corrected chi connectivity index (χ3v) is 1.15. The van der Waals surface area contributed by atoms with Crippen LogP contribution in [0, 0.1) is 0 Å². The summed E-state index contributed by atoms with van der Waals surface area (Å²) in [5, 5.41) is 0. The van der Waals surface area contributed by atoms with Crippen LogP contribution in [0.2, 0.25) is 0 Å². The van der Waals surface area contributed by atoms with Crippen LogP contribution in [0.5, 0.6) is 0 Å². The molecule has 0 amide bonds. The Labute approximate surface area is 92.1 Å². The van der Waals surface area contributed by atoms with Crippen LogP contribution in [-0.2, 0) is 9.53 Å². The highest BCUT2D eigenvalue weighted by molar-refractivity contribution is 14.0. The van der Waals surface area contributed by atoms with Crippen molar-refractivity contribution >= 4 is 29.9 Å². The van der Waals surface area contributed by atoms with E-state index in [0.717, 1.165) is 12.8 Å². The van der Waals surface area contributed by atoms with Crippen LogP contribution < -0.4 is 0 Å². The van der Waals surface area contributed by atoms with Crippen molar-refractivity contribution in [1.29, 1.82) is 0 Å². The molecule has 0 aliphatic carbocycles. The zero-order valence-corrected chi connectivity index (χ0v) is 10.7. The van der Waals surface area contributed by atoms with Gasteiger partial charge in [-0.1, -0.05) is 13.3 Å². The number of carbonyl (C=O) groups is 1. The van der Waals surface area contributed by atoms with Gasteiger partial charge in [-0.05, 0) is 27.2 Å². The Kier molecular flexibility index (Phi) is 8.20. The van der Waals surface area contributed by atoms with Gasteiger partial charge >= 0.3 is 5.97 Å². The van der Waals surface area contributed by atoms with Crippen LogP contribution in [0.15, 0.2) is 0 Å². The zero-order chi connectivity index (χ0) is 8.91. The Morgan fingerprint density at radius 2 is 1.83 bits per heavy atom. The Balaban J connectivity index is 0. The van der Waals surface area contributed by atoms with Crippen LogP contribution in [0.3, 0.4) is 0 Å². The number of hydrogen-bond donors (Lipinski definition) is 0. The second-order valence-electron chi connectivity index (χ2n) is 3.69. The molecule has 3 heteroatoms. The predicted octanol–water partition coefficient (Wildman–Crippen LogP) is 3.14. The standard InChI is InChI=1S/C9H18O2.HI/c1-5-6-7-8(10)11-9(2,3)4;/h5-7H2,1-4H3;1H. The predicted molar refractivity (Wildman–Crippen MR) is 60.8 cm³/mol. The fourth-order valence-corrected chi connectivity index (χ4v) is 0.714. The van der Waals surface area contributed by atoms with E-state index in [4.69, 9.17) is 4.74 Å². The molecule has 0 bridgehead atoms. The van der Waals surface area contributed by atoms with Crippen molar-refractivity contribution in [3.63, 3.8) is 0 Å². The quantitative estimate of drug-likeness (QED) is 0.588. The highest BCUT2D eigenvalue weighted by Gasteiger charge is 2.14. The van der Waals surface area contributed by atoms with Crippen molar-refractivity contribution in [2.75, 3.05) is 0 Å². The lowest BCUT2D eigenvalue weighted by atomic mass is 10.2. The van der Waals surface area contributed by atoms with Gasteiger partial charge in [-0.3, -0.25) is 4.79 Å². The van der Waals surface area contributed by atoms with Gasteiger partial charge in [0.15, 0.2) is 0 Å². The molecule has 0 aromatic carbocycles. The maximum absolute atomic E-state index is 11.0. The molecule has 74 valence electrons. The van der Waals surface area contributed by atoms with E-state index in [-0.39, 0.29) is 35.5 Å². The number of rotatable bonds is 3. The molecule has 0 radical (unpaired) electrons. The second kappa shape index (κ2) is 6.69. The van der Waals surface area contributed by atoms with Gasteiger partial charge in [0.2, 0.25) is 0 Å². The summed E-state index contributed by atoms with van der Waals surface area (Å²) in [5.41, 5.74) is -0.329. The summed E-state index contributed by atoms with van der Waals surface area (Å²) in [7, 11) is 0. The molecule has 0 aliphatic heterocycles. The van der Waals surface area contributed by atoms with Gasteiger partial charge in [0.25, 0.3) is 0 Å². The van der Waals surface area contributed by atoms with E-state index in [1.165, 1.54) is 0 Å². The molecule has 0 saturated carbocycles. The van der Waals surface area contributed by atoms with E-state index in [1.54, 1.807) is 0 Å². The average molecular weight is 286 g/mol. The molecule has 0 spiro atoms. The summed E-state index contributed by atoms with van der Waals surface area (Å²) in [6.07, 6.45) is 2.52. The summed E-state index contributed by atoms with van der Waals surface area (Å²) < 4.78 is 5.10. The van der Waals surface area contributed by atoms with E-state index in [2.05, 4.69) is 6.92 Å². The Morgan fingerprint density at radius 3 is 2.17 bits per heavy atom. The van der Waals surface area contributed by atoms with Crippen molar-refractivity contribution in [3.8, 4) is 0 Å². The summed E-state index contributed by atoms with van der Waals surface area (Å²) in [4.78, 5) is 11.0. The first kappa shape index (κ1) is 14.7. The summed E-state index contributed by atoms with van der Waals surface area (Å²) in [6, 6.07) is 0. The monoisotopic (exact) mass is 286 g/mol. The molecule has 0 fully saturated rings. The lowest BCUT2D eigenvalue weighted by Crippen LogP contribution is -2.23. The smallest absolute Gasteiger partial charge is 0.306 e. The minimum atomic E-state index is -0.329. The molecule has 0 atom stereocenters. The van der Waals surface area contributed by atoms with E-state index in [1.807, 2.05) is 20.8 Å². The first-order valence-electron chi connectivity index (χ1n) is 4.17. The summed E-state index contributed by atoms with van der Waals surface area (Å²) in [5.74, 6) is -0.0839. The molecule has 0 rings (SSSR count). The fourth-order valence-electron chi connectivity index (χ4n) is 0.714. The molecule has 0 N–H and O–H groups in total. The van der Waals surface area contributed by atoms with E-state index >= 15 is 0 Å². The molecule has 0 saturated heterocycles. The minimum Gasteiger partial charge on any atom is -0.460 e. The largest absolute Gasteiger partial charge is 0.460 e. The Bertz CT molecular complexity index is 127. The van der Waals surface area contributed by atoms with Crippen LogP contribution in [-0.4, -0.2) is 11.6 Å². The highest BCUT2D eigenvalue weighted by atomic mass is 127. The van der Waals surface area contributed by atoms with Crippen molar-refractivity contribution in [2.24, 2.45) is 0 Å². The number of carbonyl (C=O) groups excluding carboxylic acids is 1. The van der Waals surface area contributed by atoms with Gasteiger partial charge in [-0.2, -0.15) is 0 Å². The normalized spacial score (nSPS) is 10.3. The lowest BCUT2D eigenvalue weighted by molar-refractivity contribution is -0.154. The first-order valence-corrected chi connectivity index (χ1v) is 4.17. The van der Waals surface area contributed by atoms with Crippen molar-refractivity contribution < 1.29 is 9.53 Å². The molecule has 0 unspecified atom stereocenters. The molecular weight excluding hydrogens is 267 g/mol. The third-order valence-electron chi connectivity index (χ3n) is 1.15. The van der Waals surface area contributed by atoms with E-state index in [9.17, 15) is 4.79 Å². The zero-order valence-electron chi connectivity index (χ0n) is 8.35. The van der Waals surface area contributed by atoms with Gasteiger partial charge in [-0.15, -0.1) is 24.0 Å². The molecule has 0 heterocycles. The maximum Gasteiger partial charge on any atom is 0.306 e. The topological polar surface area (TPSA) is 26.3 Å². The third kappa shape index (κ3) is 10.2. The SMILES string of the molecule is CCCCC(=O)OC(C)(C)C.I. The van der Waals surface area contributed by atoms with Gasteiger partial charge in [-0.25, -0.2) is 0 Å². The van der Waals surface area contributed by atoms with Crippen molar-refractivity contribution in [3.05, 3.63) is 0 Å². The summed E-state index contributed by atoms with van der Waals surface area (Å²) >= 11 is 0. The number of halogens is 1. The van der Waals surface area contributed by atoms with Crippen molar-refractivity contribution in [1.82, 2.24) is 0 Å². The fraction of sp³-hybridized carbons (Fsp3) is 0.889. The van der Waals surface area contributed by atoms with Crippen LogP contribution in [0.4, 0.5) is 0 Å². The molecule has 0 aromatic rings. The average Bonchev–Trinajstić information content (AvgIpc) is 1.79. The van der Waals surface area contributed by atoms with Crippen LogP contribution in [0.25, 0.3) is 0 Å². The molecule has 0 aliphatic rings. The second-order valence-corrected chi connectivity index (χ2v) is 3.69. The van der Waals surface area contributed by atoms with Crippen LogP contribution in [0.1, 0.15) is 47.0 Å². The molecular formula is C9H19IO2. The van der Waals surface area contributed by atoms with Crippen LogP contribution >= 0.6 is 24.0 Å². The highest BCUT2D eigenvalue weighted by Crippen LogP contribution is 2.09. The molecule has 12 heavy (non-hydrogen) atoms.